The Hall–Kier alpha value is -2.21. The molecule has 158 valence electrons. The van der Waals surface area contributed by atoms with Gasteiger partial charge in [0, 0.05) is 0 Å². The van der Waals surface area contributed by atoms with Gasteiger partial charge in [-0.25, -0.2) is 0 Å². The van der Waals surface area contributed by atoms with E-state index in [-0.39, 0.29) is 0 Å². The van der Waals surface area contributed by atoms with Gasteiger partial charge in [-0.3, -0.25) is 0 Å². The molecule has 31 heavy (non-hydrogen) atoms. The zero-order valence-electron chi connectivity index (χ0n) is 18.8. The monoisotopic (exact) mass is 488 g/mol. The molecule has 0 nitrogen and oxygen atoms in total. The van der Waals surface area contributed by atoms with Crippen LogP contribution in [0.1, 0.15) is 27.8 Å². The predicted octanol–water partition coefficient (Wildman–Crippen LogP) is 7.26. The molecule has 4 rings (SSSR count). The Balaban J connectivity index is 2.19. The molecule has 4 aromatic carbocycles. The van der Waals surface area contributed by atoms with Crippen molar-refractivity contribution in [3.8, 4) is 0 Å². The van der Waals surface area contributed by atoms with Crippen molar-refractivity contribution in [2.75, 3.05) is 0 Å². The Labute approximate surface area is 195 Å². The van der Waals surface area contributed by atoms with E-state index < -0.39 is 5.31 Å². The van der Waals surface area contributed by atoms with Gasteiger partial charge in [-0.15, -0.1) is 0 Å². The van der Waals surface area contributed by atoms with Crippen molar-refractivity contribution in [2.24, 2.45) is 0 Å². The van der Waals surface area contributed by atoms with E-state index in [9.17, 15) is 0 Å². The third kappa shape index (κ3) is 3.69. The summed E-state index contributed by atoms with van der Waals surface area (Å²) in [6, 6.07) is 35.9. The van der Waals surface area contributed by atoms with Crippen molar-refractivity contribution >= 4 is 36.7 Å². The summed E-state index contributed by atoms with van der Waals surface area (Å²) in [5.74, 6) is 0. The molecule has 0 aromatic heterocycles. The fourth-order valence-electron chi connectivity index (χ4n) is 4.94. The van der Waals surface area contributed by atoms with E-state index in [4.69, 9.17) is 0 Å². The molecule has 0 saturated heterocycles. The van der Waals surface area contributed by atoms with Gasteiger partial charge in [0.15, 0.2) is 0 Å². The van der Waals surface area contributed by atoms with Crippen molar-refractivity contribution in [1.82, 2.24) is 0 Å². The summed E-state index contributed by atoms with van der Waals surface area (Å²) >= 11 is 4.66. The van der Waals surface area contributed by atoms with E-state index in [0.29, 0.717) is 0 Å². The van der Waals surface area contributed by atoms with E-state index in [1.54, 1.807) is 0 Å². The fraction of sp³-hybridized carbons (Fsp3) is 0.172. The number of rotatable bonds is 5. The molecule has 0 bridgehead atoms. The van der Waals surface area contributed by atoms with Crippen LogP contribution in [0.15, 0.2) is 97.1 Å². The molecule has 0 amide bonds. The van der Waals surface area contributed by atoms with Gasteiger partial charge in [-0.1, -0.05) is 0 Å². The maximum absolute atomic E-state index is 4.66. The Bertz CT molecular complexity index is 1110. The number of benzene rings is 4. The van der Waals surface area contributed by atoms with Crippen molar-refractivity contribution in [2.45, 2.75) is 33.9 Å². The Kier molecular flexibility index (Phi) is 5.95. The van der Waals surface area contributed by atoms with E-state index >= 15 is 0 Å². The first kappa shape index (κ1) is 22.0. The van der Waals surface area contributed by atoms with Crippen molar-refractivity contribution in [3.05, 3.63) is 125 Å². The average molecular weight is 489 g/mol. The van der Waals surface area contributed by atoms with Crippen molar-refractivity contribution in [1.29, 1.82) is 0 Å². The van der Waals surface area contributed by atoms with E-state index in [2.05, 4.69) is 140 Å². The fourth-order valence-corrected chi connectivity index (χ4v) is 15.2. The topological polar surface area (TPSA) is 0 Å². The Morgan fingerprint density at radius 1 is 0.516 bits per heavy atom. The Morgan fingerprint density at radius 3 is 1.23 bits per heavy atom. The first-order valence-electron chi connectivity index (χ1n) is 10.8. The molecule has 0 aliphatic carbocycles. The van der Waals surface area contributed by atoms with Gasteiger partial charge in [-0.2, -0.15) is 0 Å². The number of hydrogen-bond donors (Lipinski definition) is 0. The molecule has 0 N–H and O–H groups in total. The van der Waals surface area contributed by atoms with Crippen LogP contribution >= 0.6 is 20.8 Å². The molecule has 0 radical (unpaired) electrons. The first-order chi connectivity index (χ1) is 14.8. The summed E-state index contributed by atoms with van der Waals surface area (Å²) in [7, 11) is 0. The number of halogens is 1. The summed E-state index contributed by atoms with van der Waals surface area (Å²) in [5.41, 5.74) is 6.64. The van der Waals surface area contributed by atoms with Crippen LogP contribution in [0.3, 0.4) is 0 Å². The van der Waals surface area contributed by atoms with E-state index in [0.717, 1.165) is 6.16 Å². The molecule has 0 aliphatic heterocycles. The van der Waals surface area contributed by atoms with Gasteiger partial charge in [0.2, 0.25) is 0 Å². The van der Waals surface area contributed by atoms with E-state index in [1.165, 1.54) is 43.7 Å². The van der Waals surface area contributed by atoms with Crippen LogP contribution in [0.4, 0.5) is 0 Å². The van der Waals surface area contributed by atoms with Gasteiger partial charge >= 0.3 is 195 Å². The molecule has 0 saturated carbocycles. The second kappa shape index (κ2) is 8.38. The number of aryl methyl sites for hydroxylation is 4. The molecule has 0 spiro atoms. The SMILES string of the molecule is Cc1ccc(CP(Br)(c2ccccc2C)(c2ccccc2C)c2ccccc2C)cc1. The normalized spacial score (nSPS) is 12.9. The molecular formula is C29H30BrP. The minimum atomic E-state index is -3.03. The predicted molar refractivity (Wildman–Crippen MR) is 143 cm³/mol. The standard InChI is InChI=1S/C29H30BrP/c1-22-17-19-26(20-18-22)21-31(30,27-14-8-5-11-23(27)2,28-15-9-6-12-24(28)3)29-16-10-7-13-25(29)4/h5-20H,21H2,1-4H3. The molecular weight excluding hydrogens is 459 g/mol. The van der Waals surface area contributed by atoms with Crippen LogP contribution in [-0.2, 0) is 6.16 Å². The summed E-state index contributed by atoms with van der Waals surface area (Å²) in [6.45, 7) is 8.92. The van der Waals surface area contributed by atoms with Crippen LogP contribution in [-0.4, -0.2) is 0 Å². The quantitative estimate of drug-likeness (QED) is 0.259. The summed E-state index contributed by atoms with van der Waals surface area (Å²) in [4.78, 5) is 0. The van der Waals surface area contributed by atoms with Gasteiger partial charge in [0.1, 0.15) is 0 Å². The second-order valence-electron chi connectivity index (χ2n) is 8.69. The maximum atomic E-state index is 4.66. The molecule has 0 aliphatic rings. The van der Waals surface area contributed by atoms with Crippen molar-refractivity contribution < 1.29 is 0 Å². The minimum absolute atomic E-state index is 0.937. The number of hydrogen-bond acceptors (Lipinski definition) is 0. The second-order valence-corrected chi connectivity index (χ2v) is 17.5. The average Bonchev–Trinajstić information content (AvgIpc) is 2.76. The zero-order chi connectivity index (χ0) is 22.1. The summed E-state index contributed by atoms with van der Waals surface area (Å²) in [5, 5.41) is 1.22. The zero-order valence-corrected chi connectivity index (χ0v) is 21.3. The van der Waals surface area contributed by atoms with Gasteiger partial charge in [0.25, 0.3) is 0 Å². The van der Waals surface area contributed by atoms with Crippen LogP contribution < -0.4 is 15.9 Å². The third-order valence-electron chi connectivity index (χ3n) is 6.45. The Morgan fingerprint density at radius 2 is 0.871 bits per heavy atom. The molecule has 0 atom stereocenters. The van der Waals surface area contributed by atoms with Crippen LogP contribution in [0.2, 0.25) is 0 Å². The molecule has 0 fully saturated rings. The molecule has 0 heterocycles. The van der Waals surface area contributed by atoms with Crippen molar-refractivity contribution in [3.63, 3.8) is 0 Å². The summed E-state index contributed by atoms with van der Waals surface area (Å²) in [6.07, 6.45) is 0.937. The van der Waals surface area contributed by atoms with Gasteiger partial charge in [0.05, 0.1) is 0 Å². The molecule has 2 heteroatoms. The third-order valence-corrected chi connectivity index (χ3v) is 16.1. The molecule has 4 aromatic rings. The van der Waals surface area contributed by atoms with Crippen LogP contribution in [0, 0.1) is 27.7 Å². The van der Waals surface area contributed by atoms with Gasteiger partial charge in [-0.05, 0) is 0 Å². The van der Waals surface area contributed by atoms with Crippen LogP contribution in [0.25, 0.3) is 0 Å². The molecule has 0 unspecified atom stereocenters. The first-order valence-corrected chi connectivity index (χ1v) is 15.3. The van der Waals surface area contributed by atoms with E-state index in [1.807, 2.05) is 0 Å². The summed E-state index contributed by atoms with van der Waals surface area (Å²) < 4.78 is 0. The van der Waals surface area contributed by atoms with Crippen LogP contribution in [0.5, 0.6) is 0 Å². The van der Waals surface area contributed by atoms with Gasteiger partial charge < -0.3 is 0 Å².